The van der Waals surface area contributed by atoms with Crippen LogP contribution in [-0.2, 0) is 5.60 Å². The van der Waals surface area contributed by atoms with Crippen LogP contribution in [0.5, 0.6) is 0 Å². The Bertz CT molecular complexity index is 353. The summed E-state index contributed by atoms with van der Waals surface area (Å²) < 4.78 is 0. The number of hydrogen-bond donors (Lipinski definition) is 2. The summed E-state index contributed by atoms with van der Waals surface area (Å²) in [6.45, 7) is 5.56. The average molecular weight is 234 g/mol. The van der Waals surface area contributed by atoms with E-state index in [1.54, 1.807) is 0 Å². The number of likely N-dealkylation sites (tertiary alicyclic amines) is 1. The van der Waals surface area contributed by atoms with Gasteiger partial charge in [0, 0.05) is 26.2 Å². The molecule has 3 heteroatoms. The fourth-order valence-electron chi connectivity index (χ4n) is 2.48. The molecule has 3 nitrogen and oxygen atoms in total. The van der Waals surface area contributed by atoms with Gasteiger partial charge in [0.15, 0.2) is 0 Å². The lowest BCUT2D eigenvalue weighted by molar-refractivity contribution is -0.0251. The van der Waals surface area contributed by atoms with Crippen molar-refractivity contribution in [1.29, 1.82) is 0 Å². The van der Waals surface area contributed by atoms with Crippen molar-refractivity contribution < 1.29 is 5.11 Å². The Balaban J connectivity index is 2.04. The summed E-state index contributed by atoms with van der Waals surface area (Å²) in [6, 6.07) is 8.24. The molecule has 1 aromatic carbocycles. The van der Waals surface area contributed by atoms with Gasteiger partial charge in [-0.1, -0.05) is 29.8 Å². The smallest absolute Gasteiger partial charge is 0.0920 e. The number of nitrogens with two attached hydrogens (primary N) is 1. The second kappa shape index (κ2) is 5.17. The lowest BCUT2D eigenvalue weighted by Crippen LogP contribution is -2.44. The largest absolute Gasteiger partial charge is 0.385 e. The summed E-state index contributed by atoms with van der Waals surface area (Å²) in [4.78, 5) is 2.32. The van der Waals surface area contributed by atoms with E-state index in [-0.39, 0.29) is 0 Å². The molecule has 2 rings (SSSR count). The number of hydrogen-bond acceptors (Lipinski definition) is 3. The normalized spacial score (nSPS) is 20.4. The third kappa shape index (κ3) is 2.86. The molecule has 1 fully saturated rings. The third-order valence-electron chi connectivity index (χ3n) is 3.72. The van der Waals surface area contributed by atoms with E-state index in [2.05, 4.69) is 24.0 Å². The van der Waals surface area contributed by atoms with Crippen LogP contribution in [0.15, 0.2) is 24.3 Å². The Morgan fingerprint density at radius 1 is 1.24 bits per heavy atom. The van der Waals surface area contributed by atoms with Crippen molar-refractivity contribution in [3.8, 4) is 0 Å². The van der Waals surface area contributed by atoms with Gasteiger partial charge in [0.1, 0.15) is 0 Å². The first kappa shape index (κ1) is 12.6. The van der Waals surface area contributed by atoms with Gasteiger partial charge in [-0.25, -0.2) is 0 Å². The predicted octanol–water partition coefficient (Wildman–Crippen LogP) is 1.24. The van der Waals surface area contributed by atoms with E-state index in [0.29, 0.717) is 6.54 Å². The van der Waals surface area contributed by atoms with E-state index in [0.717, 1.165) is 38.0 Å². The topological polar surface area (TPSA) is 49.5 Å². The molecule has 1 aromatic rings. The van der Waals surface area contributed by atoms with Crippen molar-refractivity contribution in [2.24, 2.45) is 5.73 Å². The van der Waals surface area contributed by atoms with Crippen LogP contribution in [0.25, 0.3) is 0 Å². The number of aryl methyl sites for hydroxylation is 1. The van der Waals surface area contributed by atoms with Crippen LogP contribution < -0.4 is 5.73 Å². The van der Waals surface area contributed by atoms with Crippen LogP contribution in [0.3, 0.4) is 0 Å². The lowest BCUT2D eigenvalue weighted by Gasteiger charge is -2.38. The highest BCUT2D eigenvalue weighted by atomic mass is 16.3. The quantitative estimate of drug-likeness (QED) is 0.827. The monoisotopic (exact) mass is 234 g/mol. The number of piperidine rings is 1. The molecule has 0 bridgehead atoms. The molecule has 3 N–H and O–H groups in total. The van der Waals surface area contributed by atoms with Crippen molar-refractivity contribution in [3.63, 3.8) is 0 Å². The minimum Gasteiger partial charge on any atom is -0.385 e. The molecule has 1 saturated heterocycles. The Morgan fingerprint density at radius 3 is 2.35 bits per heavy atom. The summed E-state index contributed by atoms with van der Waals surface area (Å²) in [5.41, 5.74) is 7.20. The van der Waals surface area contributed by atoms with Crippen LogP contribution >= 0.6 is 0 Å². The fourth-order valence-corrected chi connectivity index (χ4v) is 2.48. The van der Waals surface area contributed by atoms with Gasteiger partial charge in [-0.05, 0) is 25.3 Å². The highest BCUT2D eigenvalue weighted by Gasteiger charge is 2.33. The Morgan fingerprint density at radius 2 is 1.82 bits per heavy atom. The molecule has 0 amide bonds. The van der Waals surface area contributed by atoms with Gasteiger partial charge in [0.25, 0.3) is 0 Å². The molecule has 1 aliphatic heterocycles. The molecule has 0 saturated carbocycles. The van der Waals surface area contributed by atoms with Crippen LogP contribution in [0.2, 0.25) is 0 Å². The van der Waals surface area contributed by atoms with Crippen LogP contribution in [0.1, 0.15) is 24.0 Å². The zero-order valence-corrected chi connectivity index (χ0v) is 10.5. The van der Waals surface area contributed by atoms with Gasteiger partial charge < -0.3 is 15.7 Å². The van der Waals surface area contributed by atoms with Crippen molar-refractivity contribution >= 4 is 0 Å². The van der Waals surface area contributed by atoms with E-state index in [4.69, 9.17) is 5.73 Å². The zero-order chi connectivity index (χ0) is 12.3. The van der Waals surface area contributed by atoms with Crippen molar-refractivity contribution in [3.05, 3.63) is 35.4 Å². The van der Waals surface area contributed by atoms with E-state index < -0.39 is 5.60 Å². The van der Waals surface area contributed by atoms with E-state index in [1.807, 2.05) is 12.1 Å². The first-order valence-corrected chi connectivity index (χ1v) is 6.36. The molecule has 17 heavy (non-hydrogen) atoms. The first-order chi connectivity index (χ1) is 8.14. The minimum absolute atomic E-state index is 0.640. The number of aliphatic hydroxyl groups is 1. The Hall–Kier alpha value is -0.900. The second-order valence-electron chi connectivity index (χ2n) is 5.03. The molecule has 94 valence electrons. The van der Waals surface area contributed by atoms with Gasteiger partial charge in [-0.3, -0.25) is 0 Å². The average Bonchev–Trinajstić information content (AvgIpc) is 2.33. The van der Waals surface area contributed by atoms with Gasteiger partial charge in [0.2, 0.25) is 0 Å². The van der Waals surface area contributed by atoms with Crippen molar-refractivity contribution in [1.82, 2.24) is 4.90 Å². The first-order valence-electron chi connectivity index (χ1n) is 6.36. The SMILES string of the molecule is Cc1ccc(C2(O)CCN(CCN)CC2)cc1. The summed E-state index contributed by atoms with van der Waals surface area (Å²) in [7, 11) is 0. The maximum absolute atomic E-state index is 10.7. The minimum atomic E-state index is -0.640. The number of nitrogens with zero attached hydrogens (tertiary/aromatic N) is 1. The highest BCUT2D eigenvalue weighted by Crippen LogP contribution is 2.32. The molecule has 1 aliphatic rings. The summed E-state index contributed by atoms with van der Waals surface area (Å²) >= 11 is 0. The molecule has 0 atom stereocenters. The molecule has 0 radical (unpaired) electrons. The maximum Gasteiger partial charge on any atom is 0.0920 e. The summed E-state index contributed by atoms with van der Waals surface area (Å²) in [6.07, 6.45) is 1.60. The molecule has 1 heterocycles. The van der Waals surface area contributed by atoms with Gasteiger partial charge in [-0.15, -0.1) is 0 Å². The fraction of sp³-hybridized carbons (Fsp3) is 0.571. The molecule has 0 aromatic heterocycles. The second-order valence-corrected chi connectivity index (χ2v) is 5.03. The van der Waals surface area contributed by atoms with Crippen LogP contribution in [-0.4, -0.2) is 36.2 Å². The van der Waals surface area contributed by atoms with Crippen molar-refractivity contribution in [2.45, 2.75) is 25.4 Å². The number of rotatable bonds is 3. The zero-order valence-electron chi connectivity index (χ0n) is 10.5. The highest BCUT2D eigenvalue weighted by molar-refractivity contribution is 5.27. The molecular formula is C14H22N2O. The van der Waals surface area contributed by atoms with Gasteiger partial charge >= 0.3 is 0 Å². The van der Waals surface area contributed by atoms with E-state index >= 15 is 0 Å². The molecule has 0 aliphatic carbocycles. The standard InChI is InChI=1S/C14H22N2O/c1-12-2-4-13(5-3-12)14(17)6-9-16(10-7-14)11-8-15/h2-5,17H,6-11,15H2,1H3. The van der Waals surface area contributed by atoms with E-state index in [9.17, 15) is 5.11 Å². The van der Waals surface area contributed by atoms with Gasteiger partial charge in [-0.2, -0.15) is 0 Å². The van der Waals surface area contributed by atoms with Crippen LogP contribution in [0.4, 0.5) is 0 Å². The lowest BCUT2D eigenvalue weighted by atomic mass is 9.84. The Labute approximate surface area is 103 Å². The third-order valence-corrected chi connectivity index (χ3v) is 3.72. The molecule has 0 unspecified atom stereocenters. The van der Waals surface area contributed by atoms with Gasteiger partial charge in [0.05, 0.1) is 5.60 Å². The van der Waals surface area contributed by atoms with Crippen molar-refractivity contribution in [2.75, 3.05) is 26.2 Å². The predicted molar refractivity (Wildman–Crippen MR) is 69.8 cm³/mol. The number of benzene rings is 1. The summed E-state index contributed by atoms with van der Waals surface area (Å²) in [5.74, 6) is 0. The van der Waals surface area contributed by atoms with E-state index in [1.165, 1.54) is 5.56 Å². The molecule has 0 spiro atoms. The maximum atomic E-state index is 10.7. The summed E-state index contributed by atoms with van der Waals surface area (Å²) in [5, 5.41) is 10.7. The molecular weight excluding hydrogens is 212 g/mol. The Kier molecular flexibility index (Phi) is 3.82. The van der Waals surface area contributed by atoms with Crippen LogP contribution in [0, 0.1) is 6.92 Å².